The molecule has 0 bridgehead atoms. The van der Waals surface area contributed by atoms with Crippen molar-refractivity contribution in [2.75, 3.05) is 40.4 Å². The number of nitrogens with zero attached hydrogens (tertiary/aromatic N) is 2. The summed E-state index contributed by atoms with van der Waals surface area (Å²) in [5, 5.41) is 21.4. The molecule has 1 heterocycles. The predicted octanol–water partition coefficient (Wildman–Crippen LogP) is 3.81. The van der Waals surface area contributed by atoms with Crippen LogP contribution < -0.4 is 9.47 Å². The molecule has 0 aromatic heterocycles. The Kier molecular flexibility index (Phi) is 8.40. The third-order valence-electron chi connectivity index (χ3n) is 5.64. The lowest BCUT2D eigenvalue weighted by Gasteiger charge is -2.27. The number of ether oxygens (including phenoxy) is 2. The molecule has 0 spiro atoms. The molecule has 0 saturated carbocycles. The summed E-state index contributed by atoms with van der Waals surface area (Å²) in [4.78, 5) is 29.6. The van der Waals surface area contributed by atoms with Crippen LogP contribution in [0.4, 0.5) is 0 Å². The number of Topliss-reactive ketones (excluding diaryl/α,β-unsaturated/α-hetero) is 1. The number of hydrogen-bond acceptors (Lipinski definition) is 7. The van der Waals surface area contributed by atoms with Crippen LogP contribution in [-0.2, 0) is 9.59 Å². The summed E-state index contributed by atoms with van der Waals surface area (Å²) in [6.45, 7) is 7.61. The number of ketones is 1. The molecule has 1 amide bonds. The number of phenolic OH excluding ortho intramolecular Hbond substituents is 1. The molecule has 35 heavy (non-hydrogen) atoms. The Morgan fingerprint density at radius 3 is 2.37 bits per heavy atom. The molecule has 2 N–H and O–H groups in total. The van der Waals surface area contributed by atoms with Crippen LogP contribution in [-0.4, -0.2) is 72.1 Å². The van der Waals surface area contributed by atoms with Crippen molar-refractivity contribution in [3.63, 3.8) is 0 Å². The van der Waals surface area contributed by atoms with Gasteiger partial charge >= 0.3 is 0 Å². The number of likely N-dealkylation sites (tertiary alicyclic amines) is 1. The first kappa shape index (κ1) is 26.1. The van der Waals surface area contributed by atoms with Crippen LogP contribution in [0.15, 0.2) is 48.0 Å². The van der Waals surface area contributed by atoms with Gasteiger partial charge in [0.25, 0.3) is 11.7 Å². The minimum absolute atomic E-state index is 0.00209. The number of hydrogen-bond donors (Lipinski definition) is 2. The Balaban J connectivity index is 2.07. The van der Waals surface area contributed by atoms with E-state index in [2.05, 4.69) is 13.8 Å². The van der Waals surface area contributed by atoms with Gasteiger partial charge in [0, 0.05) is 18.7 Å². The highest BCUT2D eigenvalue weighted by Crippen LogP contribution is 2.41. The van der Waals surface area contributed by atoms with Crippen molar-refractivity contribution in [1.29, 1.82) is 0 Å². The highest BCUT2D eigenvalue weighted by molar-refractivity contribution is 6.46. The number of benzene rings is 2. The molecule has 0 unspecified atom stereocenters. The van der Waals surface area contributed by atoms with Crippen molar-refractivity contribution in [3.05, 3.63) is 59.2 Å². The lowest BCUT2D eigenvalue weighted by molar-refractivity contribution is -0.140. The molecule has 1 aliphatic heterocycles. The number of likely N-dealkylation sites (N-methyl/N-ethyl adjacent to an activating group) is 1. The Morgan fingerprint density at radius 2 is 1.77 bits per heavy atom. The van der Waals surface area contributed by atoms with E-state index in [1.165, 1.54) is 11.0 Å². The van der Waals surface area contributed by atoms with Crippen LogP contribution in [0, 0.1) is 5.92 Å². The number of aliphatic hydroxyl groups excluding tert-OH is 1. The molecule has 8 heteroatoms. The highest BCUT2D eigenvalue weighted by atomic mass is 16.5. The summed E-state index contributed by atoms with van der Waals surface area (Å²) in [7, 11) is 3.75. The lowest BCUT2D eigenvalue weighted by Crippen LogP contribution is -2.35. The van der Waals surface area contributed by atoms with Crippen LogP contribution in [0.25, 0.3) is 5.76 Å². The van der Waals surface area contributed by atoms with Crippen molar-refractivity contribution in [1.82, 2.24) is 9.80 Å². The van der Waals surface area contributed by atoms with Gasteiger partial charge in [-0.05, 0) is 68.9 Å². The van der Waals surface area contributed by atoms with Crippen molar-refractivity contribution in [2.45, 2.75) is 26.8 Å². The monoisotopic (exact) mass is 482 g/mol. The van der Waals surface area contributed by atoms with E-state index in [0.29, 0.717) is 42.6 Å². The summed E-state index contributed by atoms with van der Waals surface area (Å²) in [6, 6.07) is 10.7. The standard InChI is InChI=1S/C27H34N2O6/c1-6-34-22-15-19(9-12-21(22)30)24-23(26(32)27(33)29(24)14-13-28(4)5)25(31)18-7-10-20(11-8-18)35-16-17(2)3/h7-12,15,17,24,30-31H,6,13-14,16H2,1-5H3/b25-23+/t24-/m0/s1. The number of amides is 1. The van der Waals surface area contributed by atoms with Crippen molar-refractivity contribution < 1.29 is 29.3 Å². The van der Waals surface area contributed by atoms with E-state index in [0.717, 1.165) is 0 Å². The smallest absolute Gasteiger partial charge is 0.295 e. The lowest BCUT2D eigenvalue weighted by atomic mass is 9.95. The Bertz CT molecular complexity index is 1090. The van der Waals surface area contributed by atoms with Gasteiger partial charge in [-0.1, -0.05) is 19.9 Å². The molecule has 1 atom stereocenters. The number of carbonyl (C=O) groups is 2. The van der Waals surface area contributed by atoms with Gasteiger partial charge in [0.15, 0.2) is 11.5 Å². The van der Waals surface area contributed by atoms with E-state index >= 15 is 0 Å². The minimum Gasteiger partial charge on any atom is -0.507 e. The number of carbonyl (C=O) groups excluding carboxylic acids is 2. The number of aromatic hydroxyl groups is 1. The molecule has 2 aromatic carbocycles. The van der Waals surface area contributed by atoms with E-state index in [9.17, 15) is 19.8 Å². The Morgan fingerprint density at radius 1 is 1.09 bits per heavy atom. The van der Waals surface area contributed by atoms with Crippen LogP contribution in [0.3, 0.4) is 0 Å². The molecule has 2 aromatic rings. The van der Waals surface area contributed by atoms with Gasteiger partial charge in [-0.3, -0.25) is 9.59 Å². The second kappa shape index (κ2) is 11.3. The van der Waals surface area contributed by atoms with Crippen LogP contribution in [0.1, 0.15) is 37.9 Å². The predicted molar refractivity (Wildman–Crippen MR) is 134 cm³/mol. The molecule has 1 fully saturated rings. The number of aliphatic hydroxyl groups is 1. The fraction of sp³-hybridized carbons (Fsp3) is 0.407. The zero-order valence-corrected chi connectivity index (χ0v) is 20.9. The SMILES string of the molecule is CCOc1cc([C@H]2/C(=C(\O)c3ccc(OCC(C)C)cc3)C(=O)C(=O)N2CCN(C)C)ccc1O. The first-order valence-corrected chi connectivity index (χ1v) is 11.8. The van der Waals surface area contributed by atoms with Gasteiger partial charge < -0.3 is 29.5 Å². The number of rotatable bonds is 10. The summed E-state index contributed by atoms with van der Waals surface area (Å²) < 4.78 is 11.2. The topological polar surface area (TPSA) is 99.5 Å². The van der Waals surface area contributed by atoms with Crippen LogP contribution in [0.2, 0.25) is 0 Å². The van der Waals surface area contributed by atoms with Crippen molar-refractivity contribution >= 4 is 17.4 Å². The first-order valence-electron chi connectivity index (χ1n) is 11.8. The maximum atomic E-state index is 13.2. The summed E-state index contributed by atoms with van der Waals surface area (Å²) in [6.07, 6.45) is 0. The van der Waals surface area contributed by atoms with Gasteiger partial charge in [0.1, 0.15) is 11.5 Å². The fourth-order valence-corrected chi connectivity index (χ4v) is 3.86. The Labute approximate surface area is 206 Å². The molecule has 188 valence electrons. The molecular weight excluding hydrogens is 448 g/mol. The van der Waals surface area contributed by atoms with Gasteiger partial charge in [-0.25, -0.2) is 0 Å². The molecular formula is C27H34N2O6. The zero-order chi connectivity index (χ0) is 25.7. The van der Waals surface area contributed by atoms with E-state index in [4.69, 9.17) is 9.47 Å². The average molecular weight is 483 g/mol. The quantitative estimate of drug-likeness (QED) is 0.302. The zero-order valence-electron chi connectivity index (χ0n) is 20.9. The second-order valence-electron chi connectivity index (χ2n) is 9.19. The fourth-order valence-electron chi connectivity index (χ4n) is 3.86. The van der Waals surface area contributed by atoms with Gasteiger partial charge in [-0.15, -0.1) is 0 Å². The van der Waals surface area contributed by atoms with Gasteiger partial charge in [0.05, 0.1) is 24.8 Å². The van der Waals surface area contributed by atoms with E-state index < -0.39 is 17.7 Å². The average Bonchev–Trinajstić information content (AvgIpc) is 3.07. The van der Waals surface area contributed by atoms with Gasteiger partial charge in [0.2, 0.25) is 0 Å². The van der Waals surface area contributed by atoms with Crippen LogP contribution >= 0.6 is 0 Å². The molecule has 1 saturated heterocycles. The van der Waals surface area contributed by atoms with E-state index in [1.807, 2.05) is 19.0 Å². The molecule has 1 aliphatic rings. The third kappa shape index (κ3) is 5.95. The normalized spacial score (nSPS) is 17.5. The van der Waals surface area contributed by atoms with Gasteiger partial charge in [-0.2, -0.15) is 0 Å². The van der Waals surface area contributed by atoms with E-state index in [-0.39, 0.29) is 29.4 Å². The van der Waals surface area contributed by atoms with Crippen LogP contribution in [0.5, 0.6) is 17.2 Å². The number of phenols is 1. The largest absolute Gasteiger partial charge is 0.507 e. The van der Waals surface area contributed by atoms with E-state index in [1.54, 1.807) is 43.3 Å². The summed E-state index contributed by atoms with van der Waals surface area (Å²) in [5.74, 6) is -0.472. The van der Waals surface area contributed by atoms with Crippen molar-refractivity contribution in [2.24, 2.45) is 5.92 Å². The molecule has 0 aliphatic carbocycles. The maximum Gasteiger partial charge on any atom is 0.295 e. The minimum atomic E-state index is -0.827. The maximum absolute atomic E-state index is 13.2. The third-order valence-corrected chi connectivity index (χ3v) is 5.64. The highest BCUT2D eigenvalue weighted by Gasteiger charge is 2.46. The summed E-state index contributed by atoms with van der Waals surface area (Å²) >= 11 is 0. The Hall–Kier alpha value is -3.52. The molecule has 8 nitrogen and oxygen atoms in total. The van der Waals surface area contributed by atoms with Crippen molar-refractivity contribution in [3.8, 4) is 17.2 Å². The molecule has 0 radical (unpaired) electrons. The summed E-state index contributed by atoms with van der Waals surface area (Å²) in [5.41, 5.74) is 0.960. The second-order valence-corrected chi connectivity index (χ2v) is 9.19. The first-order chi connectivity index (χ1) is 16.6. The molecule has 3 rings (SSSR count).